The predicted molar refractivity (Wildman–Crippen MR) is 64.2 cm³/mol. The topological polar surface area (TPSA) is 51.2 Å². The molecule has 1 aromatic heterocycles. The Balaban J connectivity index is 2.45. The fourth-order valence-electron chi connectivity index (χ4n) is 1.05. The van der Waals surface area contributed by atoms with Gasteiger partial charge in [0.05, 0.1) is 18.3 Å². The molecular weight excluding hydrogens is 224 g/mol. The maximum absolute atomic E-state index is 10.9. The van der Waals surface area contributed by atoms with E-state index in [0.717, 1.165) is 5.69 Å². The van der Waals surface area contributed by atoms with Gasteiger partial charge in [-0.15, -0.1) is 11.3 Å². The molecule has 1 rings (SSSR count). The van der Waals surface area contributed by atoms with E-state index >= 15 is 0 Å². The number of methoxy groups -OCH3 is 1. The van der Waals surface area contributed by atoms with Crippen molar-refractivity contribution in [3.05, 3.63) is 28.7 Å². The highest BCUT2D eigenvalue weighted by molar-refractivity contribution is 7.07. The van der Waals surface area contributed by atoms with Crippen molar-refractivity contribution in [2.75, 3.05) is 7.11 Å². The van der Waals surface area contributed by atoms with Crippen molar-refractivity contribution in [1.82, 2.24) is 10.3 Å². The molecule has 0 aliphatic heterocycles. The normalized spacial score (nSPS) is 11.9. The van der Waals surface area contributed by atoms with Gasteiger partial charge < -0.3 is 10.1 Å². The minimum Gasteiger partial charge on any atom is -0.466 e. The van der Waals surface area contributed by atoms with Crippen molar-refractivity contribution in [1.29, 1.82) is 0 Å². The first-order valence-electron chi connectivity index (χ1n) is 4.93. The monoisotopic (exact) mass is 240 g/mol. The zero-order valence-corrected chi connectivity index (χ0v) is 10.5. The minimum atomic E-state index is -0.344. The van der Waals surface area contributed by atoms with E-state index in [-0.39, 0.29) is 11.5 Å². The van der Waals surface area contributed by atoms with E-state index in [2.05, 4.69) is 15.0 Å². The van der Waals surface area contributed by atoms with Crippen molar-refractivity contribution in [2.24, 2.45) is 0 Å². The minimum absolute atomic E-state index is 0.266. The SMILES string of the molecule is COC(=O)/C=C/C(C)(C)NCc1cscn1. The highest BCUT2D eigenvalue weighted by Gasteiger charge is 2.13. The Hall–Kier alpha value is -1.20. The van der Waals surface area contributed by atoms with Crippen LogP contribution < -0.4 is 5.32 Å². The summed E-state index contributed by atoms with van der Waals surface area (Å²) < 4.78 is 4.53. The summed E-state index contributed by atoms with van der Waals surface area (Å²) in [4.78, 5) is 15.1. The lowest BCUT2D eigenvalue weighted by Crippen LogP contribution is -2.36. The highest BCUT2D eigenvalue weighted by atomic mass is 32.1. The van der Waals surface area contributed by atoms with Crippen LogP contribution in [0.25, 0.3) is 0 Å². The first-order chi connectivity index (χ1) is 7.53. The van der Waals surface area contributed by atoms with Crippen LogP contribution in [0.3, 0.4) is 0 Å². The molecule has 0 saturated carbocycles. The lowest BCUT2D eigenvalue weighted by atomic mass is 10.1. The second kappa shape index (κ2) is 5.77. The molecule has 0 saturated heterocycles. The van der Waals surface area contributed by atoms with Gasteiger partial charge in [0.15, 0.2) is 0 Å². The van der Waals surface area contributed by atoms with Gasteiger partial charge in [0, 0.05) is 23.5 Å². The van der Waals surface area contributed by atoms with Gasteiger partial charge in [0.1, 0.15) is 0 Å². The number of rotatable bonds is 5. The van der Waals surface area contributed by atoms with Crippen LogP contribution in [0.1, 0.15) is 19.5 Å². The van der Waals surface area contributed by atoms with Crippen molar-refractivity contribution >= 4 is 17.3 Å². The Morgan fingerprint density at radius 1 is 1.69 bits per heavy atom. The fraction of sp³-hybridized carbons (Fsp3) is 0.455. The average molecular weight is 240 g/mol. The number of thiazole rings is 1. The van der Waals surface area contributed by atoms with Crippen LogP contribution in [0.2, 0.25) is 0 Å². The molecule has 0 amide bonds. The zero-order valence-electron chi connectivity index (χ0n) is 9.69. The molecule has 4 nitrogen and oxygen atoms in total. The van der Waals surface area contributed by atoms with Crippen molar-refractivity contribution in [3.63, 3.8) is 0 Å². The van der Waals surface area contributed by atoms with Gasteiger partial charge in [-0.25, -0.2) is 9.78 Å². The van der Waals surface area contributed by atoms with Gasteiger partial charge in [-0.3, -0.25) is 0 Å². The molecule has 0 atom stereocenters. The Morgan fingerprint density at radius 3 is 3.00 bits per heavy atom. The first-order valence-corrected chi connectivity index (χ1v) is 5.87. The molecule has 0 bridgehead atoms. The van der Waals surface area contributed by atoms with Crippen LogP contribution in [0, 0.1) is 0 Å². The summed E-state index contributed by atoms with van der Waals surface area (Å²) in [6, 6.07) is 0. The summed E-state index contributed by atoms with van der Waals surface area (Å²) in [5.74, 6) is -0.344. The van der Waals surface area contributed by atoms with Crippen LogP contribution in [0.5, 0.6) is 0 Å². The molecule has 0 unspecified atom stereocenters. The number of hydrogen-bond acceptors (Lipinski definition) is 5. The number of hydrogen-bond donors (Lipinski definition) is 1. The molecule has 0 fully saturated rings. The third-order valence-corrected chi connectivity index (χ3v) is 2.68. The largest absolute Gasteiger partial charge is 0.466 e. The molecule has 1 N–H and O–H groups in total. The van der Waals surface area contributed by atoms with Crippen LogP contribution in [0.15, 0.2) is 23.0 Å². The Kier molecular flexibility index (Phi) is 4.64. The third kappa shape index (κ3) is 4.55. The second-order valence-electron chi connectivity index (χ2n) is 3.91. The number of ether oxygens (including phenoxy) is 1. The number of nitrogens with one attached hydrogen (secondary N) is 1. The number of carbonyl (C=O) groups excluding carboxylic acids is 1. The molecule has 1 aromatic rings. The summed E-state index contributed by atoms with van der Waals surface area (Å²) in [7, 11) is 1.36. The van der Waals surface area contributed by atoms with E-state index < -0.39 is 0 Å². The second-order valence-corrected chi connectivity index (χ2v) is 4.63. The fourth-order valence-corrected chi connectivity index (χ4v) is 1.60. The van der Waals surface area contributed by atoms with E-state index in [0.29, 0.717) is 6.54 Å². The van der Waals surface area contributed by atoms with Crippen LogP contribution in [-0.4, -0.2) is 23.6 Å². The molecule has 88 valence electrons. The van der Waals surface area contributed by atoms with Gasteiger partial charge in [0.25, 0.3) is 0 Å². The Morgan fingerprint density at radius 2 is 2.44 bits per heavy atom. The van der Waals surface area contributed by atoms with Crippen molar-refractivity contribution < 1.29 is 9.53 Å². The van der Waals surface area contributed by atoms with Crippen LogP contribution in [-0.2, 0) is 16.1 Å². The number of esters is 1. The third-order valence-electron chi connectivity index (χ3n) is 2.05. The predicted octanol–water partition coefficient (Wildman–Crippen LogP) is 1.74. The molecule has 1 heterocycles. The maximum atomic E-state index is 10.9. The molecule has 0 aromatic carbocycles. The zero-order chi connectivity index (χ0) is 12.0. The number of carbonyl (C=O) groups is 1. The molecule has 5 heteroatoms. The highest BCUT2D eigenvalue weighted by Crippen LogP contribution is 2.07. The van der Waals surface area contributed by atoms with Crippen molar-refractivity contribution in [3.8, 4) is 0 Å². The lowest BCUT2D eigenvalue weighted by Gasteiger charge is -2.21. The van der Waals surface area contributed by atoms with Crippen molar-refractivity contribution in [2.45, 2.75) is 25.9 Å². The van der Waals surface area contributed by atoms with E-state index in [4.69, 9.17) is 0 Å². The van der Waals surface area contributed by atoms with Gasteiger partial charge in [-0.2, -0.15) is 0 Å². The molecule has 0 radical (unpaired) electrons. The molecule has 16 heavy (non-hydrogen) atoms. The average Bonchev–Trinajstić information content (AvgIpc) is 2.76. The quantitative estimate of drug-likeness (QED) is 0.629. The summed E-state index contributed by atoms with van der Waals surface area (Å²) >= 11 is 1.57. The summed E-state index contributed by atoms with van der Waals surface area (Å²) in [6.45, 7) is 4.65. The molecule has 0 aliphatic rings. The van der Waals surface area contributed by atoms with E-state index in [9.17, 15) is 4.79 Å². The smallest absolute Gasteiger partial charge is 0.330 e. The maximum Gasteiger partial charge on any atom is 0.330 e. The number of aromatic nitrogens is 1. The van der Waals surface area contributed by atoms with E-state index in [1.165, 1.54) is 13.2 Å². The molecular formula is C11H16N2O2S. The van der Waals surface area contributed by atoms with Gasteiger partial charge >= 0.3 is 5.97 Å². The van der Waals surface area contributed by atoms with E-state index in [1.54, 1.807) is 22.9 Å². The summed E-state index contributed by atoms with van der Waals surface area (Å²) in [5.41, 5.74) is 2.54. The van der Waals surface area contributed by atoms with Gasteiger partial charge in [0.2, 0.25) is 0 Å². The first kappa shape index (κ1) is 12.9. The molecule has 0 aliphatic carbocycles. The Bertz CT molecular complexity index is 358. The van der Waals surface area contributed by atoms with Gasteiger partial charge in [-0.05, 0) is 13.8 Å². The lowest BCUT2D eigenvalue weighted by molar-refractivity contribution is -0.134. The summed E-state index contributed by atoms with van der Waals surface area (Å²) in [6.07, 6.45) is 3.21. The van der Waals surface area contributed by atoms with Crippen LogP contribution >= 0.6 is 11.3 Å². The standard InChI is InChI=1S/C11H16N2O2S/c1-11(2,5-4-10(14)15-3)13-6-9-7-16-8-12-9/h4-5,7-8,13H,6H2,1-3H3/b5-4+. The number of nitrogens with zero attached hydrogens (tertiary/aromatic N) is 1. The Labute approximate surface area is 99.3 Å². The van der Waals surface area contributed by atoms with E-state index in [1.807, 2.05) is 19.2 Å². The van der Waals surface area contributed by atoms with Crippen LogP contribution in [0.4, 0.5) is 0 Å². The van der Waals surface area contributed by atoms with Gasteiger partial charge in [-0.1, -0.05) is 6.08 Å². The summed E-state index contributed by atoms with van der Waals surface area (Å²) in [5, 5.41) is 5.28. The molecule has 0 spiro atoms.